The minimum absolute atomic E-state index is 0.0363. The number of para-hydroxylation sites is 1. The minimum Gasteiger partial charge on any atom is -0.478 e. The summed E-state index contributed by atoms with van der Waals surface area (Å²) >= 11 is 0.998. The van der Waals surface area contributed by atoms with Crippen LogP contribution in [0.3, 0.4) is 0 Å². The van der Waals surface area contributed by atoms with E-state index in [1.165, 1.54) is 35.7 Å². The molecule has 0 aliphatic heterocycles. The van der Waals surface area contributed by atoms with Crippen LogP contribution in [0, 0.1) is 0 Å². The molecule has 0 fully saturated rings. The number of thiophene rings is 1. The smallest absolute Gasteiger partial charge is 0.337 e. The van der Waals surface area contributed by atoms with E-state index in [2.05, 4.69) is 10.0 Å². The Morgan fingerprint density at radius 2 is 1.96 bits per heavy atom. The molecule has 0 aliphatic rings. The van der Waals surface area contributed by atoms with E-state index in [0.717, 1.165) is 11.3 Å². The first-order valence-corrected chi connectivity index (χ1v) is 8.93. The molecule has 1 amide bonds. The zero-order valence-corrected chi connectivity index (χ0v) is 13.7. The molecule has 0 saturated carbocycles. The van der Waals surface area contributed by atoms with Crippen LogP contribution in [0.2, 0.25) is 0 Å². The molecule has 0 radical (unpaired) electrons. The van der Waals surface area contributed by atoms with Crippen LogP contribution in [-0.4, -0.2) is 31.9 Å². The summed E-state index contributed by atoms with van der Waals surface area (Å²) in [6.45, 7) is 2.19. The lowest BCUT2D eigenvalue weighted by Gasteiger charge is -2.09. The van der Waals surface area contributed by atoms with Crippen LogP contribution in [0.4, 0.5) is 5.69 Å². The van der Waals surface area contributed by atoms with Crippen LogP contribution in [-0.2, 0) is 10.0 Å². The second-order valence-corrected chi connectivity index (χ2v) is 7.06. The van der Waals surface area contributed by atoms with Crippen molar-refractivity contribution in [3.63, 3.8) is 0 Å². The van der Waals surface area contributed by atoms with Gasteiger partial charge in [0.1, 0.15) is 0 Å². The third-order valence-corrected chi connectivity index (χ3v) is 5.27. The summed E-state index contributed by atoms with van der Waals surface area (Å²) in [5.41, 5.74) is -0.194. The van der Waals surface area contributed by atoms with Gasteiger partial charge in [0.2, 0.25) is 0 Å². The van der Waals surface area contributed by atoms with Gasteiger partial charge in [-0.3, -0.25) is 9.52 Å². The first-order chi connectivity index (χ1) is 10.8. The van der Waals surface area contributed by atoms with E-state index in [0.29, 0.717) is 6.54 Å². The fourth-order valence-electron chi connectivity index (χ4n) is 1.79. The highest BCUT2D eigenvalue weighted by Crippen LogP contribution is 2.24. The number of aromatic carboxylic acids is 1. The molecule has 0 saturated heterocycles. The molecule has 0 bridgehead atoms. The van der Waals surface area contributed by atoms with Gasteiger partial charge >= 0.3 is 5.97 Å². The molecule has 0 atom stereocenters. The Labute approximate surface area is 137 Å². The van der Waals surface area contributed by atoms with Crippen molar-refractivity contribution in [1.82, 2.24) is 5.32 Å². The SMILES string of the molecule is CCNC(=O)c1cc(S(=O)(=O)Nc2ccccc2C(=O)O)cs1. The Bertz CT molecular complexity index is 842. The van der Waals surface area contributed by atoms with Gasteiger partial charge in [0.15, 0.2) is 0 Å². The molecule has 1 aromatic heterocycles. The zero-order valence-electron chi connectivity index (χ0n) is 12.1. The van der Waals surface area contributed by atoms with Gasteiger partial charge in [-0.1, -0.05) is 12.1 Å². The summed E-state index contributed by atoms with van der Waals surface area (Å²) in [5.74, 6) is -1.60. The van der Waals surface area contributed by atoms with Crippen LogP contribution >= 0.6 is 11.3 Å². The Hall–Kier alpha value is -2.39. The second kappa shape index (κ2) is 6.80. The quantitative estimate of drug-likeness (QED) is 0.734. The topological polar surface area (TPSA) is 113 Å². The Morgan fingerprint density at radius 3 is 2.61 bits per heavy atom. The number of hydrogen-bond donors (Lipinski definition) is 3. The fourth-order valence-corrected chi connectivity index (χ4v) is 4.06. The van der Waals surface area contributed by atoms with Gasteiger partial charge < -0.3 is 10.4 Å². The van der Waals surface area contributed by atoms with Gasteiger partial charge in [0, 0.05) is 11.9 Å². The lowest BCUT2D eigenvalue weighted by molar-refractivity contribution is 0.0697. The molecule has 122 valence electrons. The van der Waals surface area contributed by atoms with Crippen molar-refractivity contribution < 1.29 is 23.1 Å². The number of hydrogen-bond acceptors (Lipinski definition) is 5. The minimum atomic E-state index is -3.98. The molecule has 1 aromatic carbocycles. The summed E-state index contributed by atoms with van der Waals surface area (Å²) in [7, 11) is -3.98. The van der Waals surface area contributed by atoms with Gasteiger partial charge in [0.05, 0.1) is 21.0 Å². The second-order valence-electron chi connectivity index (χ2n) is 4.46. The van der Waals surface area contributed by atoms with E-state index in [-0.39, 0.29) is 26.9 Å². The molecule has 7 nitrogen and oxygen atoms in total. The molecular formula is C14H14N2O5S2. The predicted octanol–water partition coefficient (Wildman–Crippen LogP) is 2.00. The zero-order chi connectivity index (χ0) is 17.0. The predicted molar refractivity (Wildman–Crippen MR) is 86.5 cm³/mol. The summed E-state index contributed by atoms with van der Waals surface area (Å²) in [6, 6.07) is 6.93. The van der Waals surface area contributed by atoms with Crippen LogP contribution < -0.4 is 10.0 Å². The van der Waals surface area contributed by atoms with Crippen molar-refractivity contribution in [1.29, 1.82) is 0 Å². The van der Waals surface area contributed by atoms with E-state index in [1.54, 1.807) is 6.92 Å². The first kappa shape index (κ1) is 17.0. The van der Waals surface area contributed by atoms with Crippen LogP contribution in [0.5, 0.6) is 0 Å². The van der Waals surface area contributed by atoms with Gasteiger partial charge in [-0.05, 0) is 25.1 Å². The molecule has 2 rings (SSSR count). The molecule has 9 heteroatoms. The van der Waals surface area contributed by atoms with E-state index in [1.807, 2.05) is 0 Å². The summed E-state index contributed by atoms with van der Waals surface area (Å²) < 4.78 is 26.9. The average molecular weight is 354 g/mol. The maximum Gasteiger partial charge on any atom is 0.337 e. The van der Waals surface area contributed by atoms with Crippen LogP contribution in [0.25, 0.3) is 0 Å². The standard InChI is InChI=1S/C14H14N2O5S2/c1-2-15-13(17)12-7-9(8-22-12)23(20,21)16-11-6-4-3-5-10(11)14(18)19/h3-8,16H,2H2,1H3,(H,15,17)(H,18,19). The van der Waals surface area contributed by atoms with Crippen molar-refractivity contribution in [3.8, 4) is 0 Å². The van der Waals surface area contributed by atoms with Crippen molar-refractivity contribution in [2.24, 2.45) is 0 Å². The normalized spacial score (nSPS) is 11.0. The largest absolute Gasteiger partial charge is 0.478 e. The molecule has 0 unspecified atom stereocenters. The van der Waals surface area contributed by atoms with Crippen molar-refractivity contribution in [2.45, 2.75) is 11.8 Å². The summed E-state index contributed by atoms with van der Waals surface area (Å²) in [6.07, 6.45) is 0. The van der Waals surface area contributed by atoms with Gasteiger partial charge in [-0.25, -0.2) is 13.2 Å². The maximum absolute atomic E-state index is 12.3. The summed E-state index contributed by atoms with van der Waals surface area (Å²) in [4.78, 5) is 23.0. The highest BCUT2D eigenvalue weighted by Gasteiger charge is 2.21. The van der Waals surface area contributed by atoms with E-state index < -0.39 is 16.0 Å². The Morgan fingerprint density at radius 1 is 1.26 bits per heavy atom. The number of carbonyl (C=O) groups excluding carboxylic acids is 1. The van der Waals surface area contributed by atoms with Gasteiger partial charge in [0.25, 0.3) is 15.9 Å². The van der Waals surface area contributed by atoms with E-state index >= 15 is 0 Å². The number of benzene rings is 1. The van der Waals surface area contributed by atoms with E-state index in [9.17, 15) is 18.0 Å². The molecule has 0 spiro atoms. The molecule has 0 aliphatic carbocycles. The Balaban J connectivity index is 2.30. The first-order valence-electron chi connectivity index (χ1n) is 6.57. The number of nitrogens with one attached hydrogen (secondary N) is 2. The number of carboxylic acids is 1. The van der Waals surface area contributed by atoms with E-state index in [4.69, 9.17) is 5.11 Å². The van der Waals surface area contributed by atoms with Crippen molar-refractivity contribution >= 4 is 38.9 Å². The Kier molecular flexibility index (Phi) is 5.02. The lowest BCUT2D eigenvalue weighted by atomic mass is 10.2. The fraction of sp³-hybridized carbons (Fsp3) is 0.143. The third-order valence-electron chi connectivity index (χ3n) is 2.85. The molecule has 2 aromatic rings. The van der Waals surface area contributed by atoms with Crippen LogP contribution in [0.15, 0.2) is 40.6 Å². The summed E-state index contributed by atoms with van der Waals surface area (Å²) in [5, 5.41) is 13.0. The number of carbonyl (C=O) groups is 2. The maximum atomic E-state index is 12.3. The van der Waals surface area contributed by atoms with Crippen molar-refractivity contribution in [2.75, 3.05) is 11.3 Å². The third kappa shape index (κ3) is 3.88. The molecular weight excluding hydrogens is 340 g/mol. The molecule has 23 heavy (non-hydrogen) atoms. The van der Waals surface area contributed by atoms with Crippen molar-refractivity contribution in [3.05, 3.63) is 46.2 Å². The van der Waals surface area contributed by atoms with Gasteiger partial charge in [-0.2, -0.15) is 0 Å². The highest BCUT2D eigenvalue weighted by molar-refractivity contribution is 7.92. The molecule has 3 N–H and O–H groups in total. The molecule has 1 heterocycles. The van der Waals surface area contributed by atoms with Crippen LogP contribution in [0.1, 0.15) is 27.0 Å². The monoisotopic (exact) mass is 354 g/mol. The number of carboxylic acid groups (broad SMARTS) is 1. The number of sulfonamides is 1. The number of rotatable bonds is 6. The number of anilines is 1. The number of amides is 1. The highest BCUT2D eigenvalue weighted by atomic mass is 32.2. The van der Waals surface area contributed by atoms with Gasteiger partial charge in [-0.15, -0.1) is 11.3 Å². The average Bonchev–Trinajstić information content (AvgIpc) is 2.98. The lowest BCUT2D eigenvalue weighted by Crippen LogP contribution is -2.21.